The fourth-order valence-corrected chi connectivity index (χ4v) is 4.26. The summed E-state index contributed by atoms with van der Waals surface area (Å²) in [6.07, 6.45) is 3.35. The Labute approximate surface area is 205 Å². The molecule has 1 aromatic heterocycles. The number of aliphatic hydroxyl groups is 1. The van der Waals surface area contributed by atoms with Crippen molar-refractivity contribution in [2.75, 3.05) is 0 Å². The highest BCUT2D eigenvalue weighted by Crippen LogP contribution is 2.40. The number of benzene rings is 2. The van der Waals surface area contributed by atoms with Crippen LogP contribution in [0.2, 0.25) is 0 Å². The van der Waals surface area contributed by atoms with Gasteiger partial charge in [-0.1, -0.05) is 44.2 Å². The van der Waals surface area contributed by atoms with Gasteiger partial charge in [0.2, 0.25) is 0 Å². The average molecular weight is 471 g/mol. The van der Waals surface area contributed by atoms with Crippen LogP contribution < -0.4 is 4.74 Å². The van der Waals surface area contributed by atoms with Crippen LogP contribution in [0.4, 0.5) is 0 Å². The van der Waals surface area contributed by atoms with Gasteiger partial charge in [-0.3, -0.25) is 14.6 Å². The van der Waals surface area contributed by atoms with Crippen molar-refractivity contribution in [3.8, 4) is 5.75 Å². The number of pyridine rings is 1. The zero-order valence-corrected chi connectivity index (χ0v) is 20.4. The van der Waals surface area contributed by atoms with E-state index in [0.717, 1.165) is 16.7 Å². The first kappa shape index (κ1) is 24.2. The lowest BCUT2D eigenvalue weighted by molar-refractivity contribution is -0.140. The standard InChI is InChI=1S/C29H30N2O4/c1-18(2)21-7-9-22(10-8-21)26-25(27(32)23-11-13-24(14-12-23)35-19(3)4)28(33)29(34)31(26)17-20-6-5-15-30-16-20/h5-16,18-19,26,32H,17H2,1-4H3/b27-25-. The van der Waals surface area contributed by atoms with Crippen molar-refractivity contribution < 1.29 is 19.4 Å². The highest BCUT2D eigenvalue weighted by molar-refractivity contribution is 6.46. The van der Waals surface area contributed by atoms with Gasteiger partial charge in [-0.25, -0.2) is 0 Å². The highest BCUT2D eigenvalue weighted by atomic mass is 16.5. The van der Waals surface area contributed by atoms with E-state index in [2.05, 4.69) is 18.8 Å². The molecule has 6 heteroatoms. The Morgan fingerprint density at radius 2 is 1.69 bits per heavy atom. The first-order valence-corrected chi connectivity index (χ1v) is 11.8. The third-order valence-corrected chi connectivity index (χ3v) is 6.03. The molecule has 180 valence electrons. The van der Waals surface area contributed by atoms with Gasteiger partial charge in [-0.2, -0.15) is 0 Å². The van der Waals surface area contributed by atoms with Gasteiger partial charge >= 0.3 is 0 Å². The van der Waals surface area contributed by atoms with Crippen LogP contribution in [0.3, 0.4) is 0 Å². The Hall–Kier alpha value is -3.93. The predicted molar refractivity (Wildman–Crippen MR) is 135 cm³/mol. The van der Waals surface area contributed by atoms with Crippen molar-refractivity contribution in [1.82, 2.24) is 9.88 Å². The number of aromatic nitrogens is 1. The number of likely N-dealkylation sites (tertiary alicyclic amines) is 1. The largest absolute Gasteiger partial charge is 0.507 e. The SMILES string of the molecule is CC(C)Oc1ccc(/C(O)=C2/C(=O)C(=O)N(Cc3cccnc3)C2c2ccc(C(C)C)cc2)cc1. The molecule has 1 fully saturated rings. The summed E-state index contributed by atoms with van der Waals surface area (Å²) < 4.78 is 5.68. The lowest BCUT2D eigenvalue weighted by Gasteiger charge is -2.25. The van der Waals surface area contributed by atoms with E-state index in [0.29, 0.717) is 17.2 Å². The summed E-state index contributed by atoms with van der Waals surface area (Å²) in [6.45, 7) is 8.28. The molecule has 3 aromatic rings. The van der Waals surface area contributed by atoms with Crippen LogP contribution in [0.15, 0.2) is 78.6 Å². The lowest BCUT2D eigenvalue weighted by Crippen LogP contribution is -2.29. The zero-order valence-electron chi connectivity index (χ0n) is 20.4. The molecule has 1 N–H and O–H groups in total. The molecule has 6 nitrogen and oxygen atoms in total. The molecular weight excluding hydrogens is 440 g/mol. The van der Waals surface area contributed by atoms with E-state index in [1.54, 1.807) is 42.7 Å². The number of ketones is 1. The molecular formula is C29H30N2O4. The summed E-state index contributed by atoms with van der Waals surface area (Å²) in [4.78, 5) is 32.1. The summed E-state index contributed by atoms with van der Waals surface area (Å²) in [5.41, 5.74) is 3.24. The number of carbonyl (C=O) groups excluding carboxylic acids is 2. The molecule has 1 saturated heterocycles. The normalized spacial score (nSPS) is 17.4. The van der Waals surface area contributed by atoms with Gasteiger partial charge in [0.1, 0.15) is 11.5 Å². The molecule has 0 radical (unpaired) electrons. The Balaban J connectivity index is 1.80. The van der Waals surface area contributed by atoms with Gasteiger partial charge in [0.25, 0.3) is 11.7 Å². The topological polar surface area (TPSA) is 79.7 Å². The number of Topliss-reactive ketones (excluding diaryl/α,β-unsaturated/α-hetero) is 1. The van der Waals surface area contributed by atoms with E-state index in [4.69, 9.17) is 4.74 Å². The quantitative estimate of drug-likeness (QED) is 0.276. The van der Waals surface area contributed by atoms with Crippen molar-refractivity contribution in [2.45, 2.75) is 52.3 Å². The molecule has 2 heterocycles. The summed E-state index contributed by atoms with van der Waals surface area (Å²) >= 11 is 0. The van der Waals surface area contributed by atoms with E-state index >= 15 is 0 Å². The number of nitrogens with zero attached hydrogens (tertiary/aromatic N) is 2. The first-order chi connectivity index (χ1) is 16.8. The molecule has 2 aromatic carbocycles. The Morgan fingerprint density at radius 1 is 1.00 bits per heavy atom. The molecule has 0 spiro atoms. The Morgan fingerprint density at radius 3 is 2.26 bits per heavy atom. The molecule has 1 aliphatic heterocycles. The van der Waals surface area contributed by atoms with Gasteiger partial charge in [0.15, 0.2) is 0 Å². The van der Waals surface area contributed by atoms with Crippen LogP contribution in [0.5, 0.6) is 5.75 Å². The van der Waals surface area contributed by atoms with Gasteiger partial charge in [0, 0.05) is 24.5 Å². The molecule has 1 amide bonds. The maximum Gasteiger partial charge on any atom is 0.295 e. The van der Waals surface area contributed by atoms with Gasteiger partial charge in [-0.15, -0.1) is 0 Å². The van der Waals surface area contributed by atoms with Crippen molar-refractivity contribution in [3.05, 3.63) is 101 Å². The monoisotopic (exact) mass is 470 g/mol. The minimum absolute atomic E-state index is 0.0149. The summed E-state index contributed by atoms with van der Waals surface area (Å²) in [5, 5.41) is 11.3. The van der Waals surface area contributed by atoms with E-state index in [-0.39, 0.29) is 24.0 Å². The second-order valence-electron chi connectivity index (χ2n) is 9.30. The van der Waals surface area contributed by atoms with Crippen molar-refractivity contribution in [2.24, 2.45) is 0 Å². The number of aliphatic hydroxyl groups excluding tert-OH is 1. The molecule has 1 unspecified atom stereocenters. The lowest BCUT2D eigenvalue weighted by atomic mass is 9.93. The number of ether oxygens (including phenoxy) is 1. The molecule has 4 rings (SSSR count). The van der Waals surface area contributed by atoms with Crippen LogP contribution in [0.25, 0.3) is 5.76 Å². The maximum absolute atomic E-state index is 13.2. The number of carbonyl (C=O) groups is 2. The number of hydrogen-bond donors (Lipinski definition) is 1. The Kier molecular flexibility index (Phi) is 7.01. The van der Waals surface area contributed by atoms with Gasteiger partial charge in [-0.05, 0) is 66.8 Å². The number of rotatable bonds is 7. The molecule has 1 aliphatic rings. The van der Waals surface area contributed by atoms with Gasteiger partial charge in [0.05, 0.1) is 17.7 Å². The zero-order chi connectivity index (χ0) is 25.1. The van der Waals surface area contributed by atoms with Crippen LogP contribution in [-0.2, 0) is 16.1 Å². The van der Waals surface area contributed by atoms with Gasteiger partial charge < -0.3 is 14.7 Å². The summed E-state index contributed by atoms with van der Waals surface area (Å²) in [7, 11) is 0. The maximum atomic E-state index is 13.2. The number of hydrogen-bond acceptors (Lipinski definition) is 5. The second-order valence-corrected chi connectivity index (χ2v) is 9.30. The first-order valence-electron chi connectivity index (χ1n) is 11.8. The minimum atomic E-state index is -0.719. The summed E-state index contributed by atoms with van der Waals surface area (Å²) in [5.74, 6) is -0.544. The smallest absolute Gasteiger partial charge is 0.295 e. The minimum Gasteiger partial charge on any atom is -0.507 e. The van der Waals surface area contributed by atoms with Crippen molar-refractivity contribution >= 4 is 17.4 Å². The van der Waals surface area contributed by atoms with Crippen LogP contribution in [0.1, 0.15) is 61.9 Å². The average Bonchev–Trinajstić information content (AvgIpc) is 3.09. The predicted octanol–water partition coefficient (Wildman–Crippen LogP) is 5.61. The molecule has 1 atom stereocenters. The van der Waals surface area contributed by atoms with Crippen LogP contribution in [0, 0.1) is 0 Å². The fourth-order valence-electron chi connectivity index (χ4n) is 4.26. The Bertz CT molecular complexity index is 1230. The van der Waals surface area contributed by atoms with Crippen LogP contribution in [-0.4, -0.2) is 32.8 Å². The van der Waals surface area contributed by atoms with E-state index in [1.165, 1.54) is 4.90 Å². The van der Waals surface area contributed by atoms with E-state index in [1.807, 2.05) is 44.2 Å². The van der Waals surface area contributed by atoms with E-state index in [9.17, 15) is 14.7 Å². The number of amides is 1. The third-order valence-electron chi connectivity index (χ3n) is 6.03. The molecule has 0 bridgehead atoms. The van der Waals surface area contributed by atoms with Crippen molar-refractivity contribution in [1.29, 1.82) is 0 Å². The molecule has 0 aliphatic carbocycles. The summed E-state index contributed by atoms with van der Waals surface area (Å²) in [6, 6.07) is 17.7. The third kappa shape index (κ3) is 5.11. The highest BCUT2D eigenvalue weighted by Gasteiger charge is 2.46. The van der Waals surface area contributed by atoms with Crippen LogP contribution >= 0.6 is 0 Å². The fraction of sp³-hybridized carbons (Fsp3) is 0.276. The molecule has 35 heavy (non-hydrogen) atoms. The molecule has 0 saturated carbocycles. The van der Waals surface area contributed by atoms with E-state index < -0.39 is 17.7 Å². The van der Waals surface area contributed by atoms with Crippen molar-refractivity contribution in [3.63, 3.8) is 0 Å². The second kappa shape index (κ2) is 10.1.